The summed E-state index contributed by atoms with van der Waals surface area (Å²) in [6, 6.07) is 4.82. The molecule has 0 saturated heterocycles. The molecular formula is C17H27ClFNO4. The number of hydrogen-bond donors (Lipinski definition) is 2. The average molecular weight is 364 g/mol. The van der Waals surface area contributed by atoms with Gasteiger partial charge < -0.3 is 19.9 Å². The first-order valence-corrected chi connectivity index (χ1v) is 7.90. The summed E-state index contributed by atoms with van der Waals surface area (Å²) in [5.41, 5.74) is 0.699. The zero-order valence-electron chi connectivity index (χ0n) is 14.4. The SMILES string of the molecule is CCOC(=O)CCc1ccc(OCC(O)CNC(C)C)c(F)c1.Cl. The third kappa shape index (κ3) is 9.05. The van der Waals surface area contributed by atoms with Crippen LogP contribution >= 0.6 is 12.4 Å². The van der Waals surface area contributed by atoms with E-state index < -0.39 is 11.9 Å². The molecule has 0 aliphatic carbocycles. The van der Waals surface area contributed by atoms with Crippen molar-refractivity contribution in [3.8, 4) is 5.75 Å². The second-order valence-electron chi connectivity index (χ2n) is 5.60. The molecule has 0 aromatic heterocycles. The Labute approximate surface area is 148 Å². The predicted molar refractivity (Wildman–Crippen MR) is 93.2 cm³/mol. The lowest BCUT2D eigenvalue weighted by Gasteiger charge is -2.15. The van der Waals surface area contributed by atoms with Crippen LogP contribution in [0.5, 0.6) is 5.75 Å². The second kappa shape index (κ2) is 12.1. The van der Waals surface area contributed by atoms with Crippen LogP contribution in [-0.2, 0) is 16.0 Å². The first-order valence-electron chi connectivity index (χ1n) is 7.90. The summed E-state index contributed by atoms with van der Waals surface area (Å²) in [4.78, 5) is 11.3. The third-order valence-electron chi connectivity index (χ3n) is 3.11. The van der Waals surface area contributed by atoms with Crippen LogP contribution < -0.4 is 10.1 Å². The maximum Gasteiger partial charge on any atom is 0.306 e. The Morgan fingerprint density at radius 3 is 2.67 bits per heavy atom. The number of aliphatic hydroxyl groups excluding tert-OH is 1. The summed E-state index contributed by atoms with van der Waals surface area (Å²) >= 11 is 0. The Kier molecular flexibility index (Phi) is 11.4. The highest BCUT2D eigenvalue weighted by molar-refractivity contribution is 5.85. The molecule has 0 aliphatic rings. The summed E-state index contributed by atoms with van der Waals surface area (Å²) in [5, 5.41) is 12.8. The Balaban J connectivity index is 0.00000529. The maximum absolute atomic E-state index is 13.9. The van der Waals surface area contributed by atoms with Crippen LogP contribution in [0, 0.1) is 5.82 Å². The molecule has 0 spiro atoms. The van der Waals surface area contributed by atoms with Gasteiger partial charge in [0.25, 0.3) is 0 Å². The molecule has 0 amide bonds. The van der Waals surface area contributed by atoms with E-state index in [2.05, 4.69) is 5.32 Å². The molecule has 1 aromatic rings. The molecule has 0 bridgehead atoms. The lowest BCUT2D eigenvalue weighted by atomic mass is 10.1. The van der Waals surface area contributed by atoms with E-state index in [1.54, 1.807) is 13.0 Å². The number of aliphatic hydroxyl groups is 1. The van der Waals surface area contributed by atoms with Crippen LogP contribution in [-0.4, -0.2) is 43.0 Å². The van der Waals surface area contributed by atoms with Gasteiger partial charge in [0, 0.05) is 19.0 Å². The van der Waals surface area contributed by atoms with Crippen LogP contribution in [0.1, 0.15) is 32.8 Å². The Morgan fingerprint density at radius 2 is 2.08 bits per heavy atom. The zero-order chi connectivity index (χ0) is 17.2. The van der Waals surface area contributed by atoms with Gasteiger partial charge >= 0.3 is 5.97 Å². The van der Waals surface area contributed by atoms with Gasteiger partial charge in [-0.05, 0) is 31.0 Å². The molecule has 5 nitrogen and oxygen atoms in total. The van der Waals surface area contributed by atoms with Crippen molar-refractivity contribution in [2.45, 2.75) is 45.8 Å². The normalized spacial score (nSPS) is 11.8. The first kappa shape index (κ1) is 22.6. The number of hydrogen-bond acceptors (Lipinski definition) is 5. The topological polar surface area (TPSA) is 67.8 Å². The number of ether oxygens (including phenoxy) is 2. The Morgan fingerprint density at radius 1 is 1.38 bits per heavy atom. The van der Waals surface area contributed by atoms with E-state index in [1.165, 1.54) is 12.1 Å². The highest BCUT2D eigenvalue weighted by Crippen LogP contribution is 2.19. The van der Waals surface area contributed by atoms with E-state index in [4.69, 9.17) is 9.47 Å². The van der Waals surface area contributed by atoms with Crippen molar-refractivity contribution in [3.05, 3.63) is 29.6 Å². The fourth-order valence-corrected chi connectivity index (χ4v) is 1.91. The van der Waals surface area contributed by atoms with Crippen LogP contribution in [0.15, 0.2) is 18.2 Å². The molecule has 0 radical (unpaired) electrons. The number of halogens is 2. The van der Waals surface area contributed by atoms with E-state index in [1.807, 2.05) is 13.8 Å². The summed E-state index contributed by atoms with van der Waals surface area (Å²) in [6.45, 7) is 6.43. The van der Waals surface area contributed by atoms with Crippen LogP contribution in [0.2, 0.25) is 0 Å². The summed E-state index contributed by atoms with van der Waals surface area (Å²) in [6.07, 6.45) is -0.0791. The van der Waals surface area contributed by atoms with Crippen molar-refractivity contribution < 1.29 is 23.8 Å². The van der Waals surface area contributed by atoms with Crippen molar-refractivity contribution in [2.75, 3.05) is 19.8 Å². The molecule has 1 aromatic carbocycles. The summed E-state index contributed by atoms with van der Waals surface area (Å²) in [7, 11) is 0. The van der Waals surface area contributed by atoms with E-state index >= 15 is 0 Å². The Bertz CT molecular complexity index is 499. The van der Waals surface area contributed by atoms with Crippen LogP contribution in [0.3, 0.4) is 0 Å². The number of nitrogens with one attached hydrogen (secondary N) is 1. The number of carbonyl (C=O) groups is 1. The molecule has 0 saturated carbocycles. The molecule has 2 N–H and O–H groups in total. The van der Waals surface area contributed by atoms with E-state index in [0.717, 1.165) is 0 Å². The molecule has 7 heteroatoms. The molecule has 24 heavy (non-hydrogen) atoms. The van der Waals surface area contributed by atoms with Crippen molar-refractivity contribution in [2.24, 2.45) is 0 Å². The van der Waals surface area contributed by atoms with E-state index in [0.29, 0.717) is 25.1 Å². The van der Waals surface area contributed by atoms with Gasteiger partial charge in [-0.1, -0.05) is 19.9 Å². The van der Waals surface area contributed by atoms with E-state index in [-0.39, 0.29) is 43.2 Å². The lowest BCUT2D eigenvalue weighted by Crippen LogP contribution is -2.35. The highest BCUT2D eigenvalue weighted by atomic mass is 35.5. The predicted octanol–water partition coefficient (Wildman–Crippen LogP) is 2.48. The monoisotopic (exact) mass is 363 g/mol. The van der Waals surface area contributed by atoms with Gasteiger partial charge in [0.1, 0.15) is 12.7 Å². The van der Waals surface area contributed by atoms with Crippen molar-refractivity contribution >= 4 is 18.4 Å². The number of carbonyl (C=O) groups excluding carboxylic acids is 1. The number of esters is 1. The first-order chi connectivity index (χ1) is 10.9. The highest BCUT2D eigenvalue weighted by Gasteiger charge is 2.10. The molecule has 1 rings (SSSR count). The largest absolute Gasteiger partial charge is 0.488 e. The zero-order valence-corrected chi connectivity index (χ0v) is 15.2. The number of benzene rings is 1. The van der Waals surface area contributed by atoms with Crippen LogP contribution in [0.25, 0.3) is 0 Å². The standard InChI is InChI=1S/C17H26FNO4.ClH/c1-4-22-17(21)8-6-13-5-7-16(15(18)9-13)23-11-14(20)10-19-12(2)3;/h5,7,9,12,14,19-20H,4,6,8,10-11H2,1-3H3;1H. The lowest BCUT2D eigenvalue weighted by molar-refractivity contribution is -0.143. The Hall–Kier alpha value is -1.37. The smallest absolute Gasteiger partial charge is 0.306 e. The molecule has 138 valence electrons. The third-order valence-corrected chi connectivity index (χ3v) is 3.11. The van der Waals surface area contributed by atoms with Crippen molar-refractivity contribution in [1.82, 2.24) is 5.32 Å². The maximum atomic E-state index is 13.9. The summed E-state index contributed by atoms with van der Waals surface area (Å²) < 4.78 is 24.1. The molecule has 1 atom stereocenters. The van der Waals surface area contributed by atoms with Gasteiger partial charge in [0.05, 0.1) is 6.61 Å². The molecule has 1 unspecified atom stereocenters. The molecule has 0 heterocycles. The van der Waals surface area contributed by atoms with E-state index in [9.17, 15) is 14.3 Å². The van der Waals surface area contributed by atoms with Gasteiger partial charge in [0.15, 0.2) is 11.6 Å². The second-order valence-corrected chi connectivity index (χ2v) is 5.60. The van der Waals surface area contributed by atoms with Crippen molar-refractivity contribution in [1.29, 1.82) is 0 Å². The van der Waals surface area contributed by atoms with Gasteiger partial charge in [-0.2, -0.15) is 0 Å². The minimum absolute atomic E-state index is 0. The van der Waals surface area contributed by atoms with Crippen molar-refractivity contribution in [3.63, 3.8) is 0 Å². The number of aryl methyl sites for hydroxylation is 1. The number of rotatable bonds is 10. The fourth-order valence-electron chi connectivity index (χ4n) is 1.91. The molecular weight excluding hydrogens is 337 g/mol. The van der Waals surface area contributed by atoms with Gasteiger partial charge in [-0.25, -0.2) is 4.39 Å². The molecule has 0 aliphatic heterocycles. The minimum Gasteiger partial charge on any atom is -0.488 e. The minimum atomic E-state index is -0.708. The fraction of sp³-hybridized carbons (Fsp3) is 0.588. The van der Waals surface area contributed by atoms with Gasteiger partial charge in [-0.3, -0.25) is 4.79 Å². The summed E-state index contributed by atoms with van der Waals surface area (Å²) in [5.74, 6) is -0.710. The molecule has 0 fully saturated rings. The average Bonchev–Trinajstić information content (AvgIpc) is 2.50. The van der Waals surface area contributed by atoms with Crippen LogP contribution in [0.4, 0.5) is 4.39 Å². The van der Waals surface area contributed by atoms with Gasteiger partial charge in [-0.15, -0.1) is 12.4 Å². The quantitative estimate of drug-likeness (QED) is 0.625. The van der Waals surface area contributed by atoms with Gasteiger partial charge in [0.2, 0.25) is 0 Å².